The van der Waals surface area contributed by atoms with E-state index in [1.165, 1.54) is 0 Å². The van der Waals surface area contributed by atoms with Crippen LogP contribution in [0.1, 0.15) is 26.7 Å². The first-order valence-corrected chi connectivity index (χ1v) is 6.99. The SMILES string of the molecule is CC(C)[C@H](N)C(=O)NCC(=O)NCCNC(=O)C1CC1.Cl. The van der Waals surface area contributed by atoms with E-state index in [9.17, 15) is 14.4 Å². The lowest BCUT2D eigenvalue weighted by Gasteiger charge is -2.15. The lowest BCUT2D eigenvalue weighted by atomic mass is 10.1. The van der Waals surface area contributed by atoms with E-state index in [4.69, 9.17) is 5.73 Å². The molecule has 21 heavy (non-hydrogen) atoms. The van der Waals surface area contributed by atoms with E-state index in [0.717, 1.165) is 12.8 Å². The number of hydrogen-bond acceptors (Lipinski definition) is 4. The second kappa shape index (κ2) is 9.57. The van der Waals surface area contributed by atoms with Gasteiger partial charge in [0.05, 0.1) is 12.6 Å². The van der Waals surface area contributed by atoms with Crippen LogP contribution in [0.3, 0.4) is 0 Å². The first-order chi connectivity index (χ1) is 9.41. The minimum atomic E-state index is -0.611. The summed E-state index contributed by atoms with van der Waals surface area (Å²) in [7, 11) is 0. The lowest BCUT2D eigenvalue weighted by molar-refractivity contribution is -0.127. The van der Waals surface area contributed by atoms with Crippen LogP contribution in [0.2, 0.25) is 0 Å². The van der Waals surface area contributed by atoms with Crippen molar-refractivity contribution in [2.75, 3.05) is 19.6 Å². The van der Waals surface area contributed by atoms with Gasteiger partial charge in [-0.3, -0.25) is 14.4 Å². The molecular weight excluding hydrogens is 296 g/mol. The highest BCUT2D eigenvalue weighted by molar-refractivity contribution is 5.87. The molecule has 0 unspecified atom stereocenters. The van der Waals surface area contributed by atoms with Gasteiger partial charge in [-0.05, 0) is 18.8 Å². The van der Waals surface area contributed by atoms with Gasteiger partial charge in [0.25, 0.3) is 0 Å². The summed E-state index contributed by atoms with van der Waals surface area (Å²) >= 11 is 0. The predicted octanol–water partition coefficient (Wildman–Crippen LogP) is -0.850. The van der Waals surface area contributed by atoms with Gasteiger partial charge < -0.3 is 21.7 Å². The molecule has 8 heteroatoms. The molecule has 1 aliphatic rings. The van der Waals surface area contributed by atoms with Crippen LogP contribution in [0, 0.1) is 11.8 Å². The maximum atomic E-state index is 11.5. The van der Waals surface area contributed by atoms with Gasteiger partial charge in [0, 0.05) is 19.0 Å². The Kier molecular flexibility index (Phi) is 8.96. The van der Waals surface area contributed by atoms with Crippen LogP contribution in [-0.4, -0.2) is 43.4 Å². The minimum Gasteiger partial charge on any atom is -0.354 e. The molecule has 0 heterocycles. The zero-order valence-electron chi connectivity index (χ0n) is 12.5. The molecule has 0 aliphatic heterocycles. The standard InChI is InChI=1S/C13H24N4O3.ClH/c1-8(2)11(14)13(20)17-7-10(18)15-5-6-16-12(19)9-3-4-9;/h8-9,11H,3-7,14H2,1-2H3,(H,15,18)(H,16,19)(H,17,20);1H/t11-;/m0./s1. The van der Waals surface area contributed by atoms with Gasteiger partial charge in [0.2, 0.25) is 17.7 Å². The summed E-state index contributed by atoms with van der Waals surface area (Å²) in [5.41, 5.74) is 5.64. The fraction of sp³-hybridized carbons (Fsp3) is 0.769. The van der Waals surface area contributed by atoms with E-state index in [1.54, 1.807) is 0 Å². The molecule has 0 radical (unpaired) electrons. The van der Waals surface area contributed by atoms with Gasteiger partial charge in [-0.1, -0.05) is 13.8 Å². The highest BCUT2D eigenvalue weighted by atomic mass is 35.5. The van der Waals surface area contributed by atoms with E-state index < -0.39 is 6.04 Å². The summed E-state index contributed by atoms with van der Waals surface area (Å²) in [4.78, 5) is 34.3. The number of hydrogen-bond donors (Lipinski definition) is 4. The van der Waals surface area contributed by atoms with Crippen molar-refractivity contribution < 1.29 is 14.4 Å². The molecule has 1 rings (SSSR count). The number of nitrogens with two attached hydrogens (primary N) is 1. The van der Waals surface area contributed by atoms with Gasteiger partial charge >= 0.3 is 0 Å². The van der Waals surface area contributed by atoms with Crippen LogP contribution in [-0.2, 0) is 14.4 Å². The fourth-order valence-corrected chi connectivity index (χ4v) is 1.53. The molecule has 0 aromatic carbocycles. The van der Waals surface area contributed by atoms with Crippen LogP contribution < -0.4 is 21.7 Å². The first kappa shape index (κ1) is 19.7. The number of nitrogens with one attached hydrogen (secondary N) is 3. The topological polar surface area (TPSA) is 113 Å². The third-order valence-corrected chi connectivity index (χ3v) is 3.14. The highest BCUT2D eigenvalue weighted by Crippen LogP contribution is 2.28. The van der Waals surface area contributed by atoms with Crippen molar-refractivity contribution in [3.63, 3.8) is 0 Å². The Morgan fingerprint density at radius 2 is 1.67 bits per heavy atom. The van der Waals surface area contributed by atoms with Crippen molar-refractivity contribution in [1.29, 1.82) is 0 Å². The summed E-state index contributed by atoms with van der Waals surface area (Å²) < 4.78 is 0. The largest absolute Gasteiger partial charge is 0.354 e. The van der Waals surface area contributed by atoms with Gasteiger partial charge in [-0.25, -0.2) is 0 Å². The molecule has 0 aromatic rings. The van der Waals surface area contributed by atoms with Gasteiger partial charge in [0.1, 0.15) is 0 Å². The molecule has 7 nitrogen and oxygen atoms in total. The summed E-state index contributed by atoms with van der Waals surface area (Å²) in [6, 6.07) is -0.611. The molecule has 122 valence electrons. The van der Waals surface area contributed by atoms with Crippen LogP contribution >= 0.6 is 12.4 Å². The summed E-state index contributed by atoms with van der Waals surface area (Å²) in [6.45, 7) is 4.33. The van der Waals surface area contributed by atoms with E-state index in [1.807, 2.05) is 13.8 Å². The Balaban J connectivity index is 0.00000400. The average molecular weight is 321 g/mol. The van der Waals surface area contributed by atoms with Crippen molar-refractivity contribution in [3.8, 4) is 0 Å². The third-order valence-electron chi connectivity index (χ3n) is 3.14. The van der Waals surface area contributed by atoms with Gasteiger partial charge in [-0.15, -0.1) is 12.4 Å². The molecule has 1 atom stereocenters. The molecule has 0 bridgehead atoms. The summed E-state index contributed by atoms with van der Waals surface area (Å²) in [6.07, 6.45) is 1.92. The molecule has 0 spiro atoms. The van der Waals surface area contributed by atoms with E-state index in [0.29, 0.717) is 13.1 Å². The Hall–Kier alpha value is -1.34. The van der Waals surface area contributed by atoms with Crippen LogP contribution in [0.25, 0.3) is 0 Å². The molecule has 5 N–H and O–H groups in total. The fourth-order valence-electron chi connectivity index (χ4n) is 1.53. The predicted molar refractivity (Wildman–Crippen MR) is 81.8 cm³/mol. The van der Waals surface area contributed by atoms with Gasteiger partial charge in [-0.2, -0.15) is 0 Å². The smallest absolute Gasteiger partial charge is 0.239 e. The van der Waals surface area contributed by atoms with Crippen LogP contribution in [0.4, 0.5) is 0 Å². The molecule has 1 fully saturated rings. The molecule has 0 aromatic heterocycles. The van der Waals surface area contributed by atoms with Crippen molar-refractivity contribution in [1.82, 2.24) is 16.0 Å². The molecule has 1 aliphatic carbocycles. The maximum Gasteiger partial charge on any atom is 0.239 e. The monoisotopic (exact) mass is 320 g/mol. The number of carbonyl (C=O) groups excluding carboxylic acids is 3. The highest BCUT2D eigenvalue weighted by Gasteiger charge is 2.28. The van der Waals surface area contributed by atoms with Crippen molar-refractivity contribution >= 4 is 30.1 Å². The summed E-state index contributed by atoms with van der Waals surface area (Å²) in [5.74, 6) is -0.388. The van der Waals surface area contributed by atoms with E-state index in [2.05, 4.69) is 16.0 Å². The van der Waals surface area contributed by atoms with E-state index in [-0.39, 0.29) is 48.5 Å². The molecule has 1 saturated carbocycles. The second-order valence-electron chi connectivity index (χ2n) is 5.40. The molecule has 3 amide bonds. The molecular formula is C13H25ClN4O3. The Morgan fingerprint density at radius 3 is 2.19 bits per heavy atom. The Morgan fingerprint density at radius 1 is 1.10 bits per heavy atom. The minimum absolute atomic E-state index is 0. The van der Waals surface area contributed by atoms with Crippen molar-refractivity contribution in [3.05, 3.63) is 0 Å². The average Bonchev–Trinajstić information content (AvgIpc) is 3.24. The lowest BCUT2D eigenvalue weighted by Crippen LogP contribution is -2.47. The molecule has 0 saturated heterocycles. The normalized spacial score (nSPS) is 14.9. The van der Waals surface area contributed by atoms with Crippen LogP contribution in [0.5, 0.6) is 0 Å². The number of carbonyl (C=O) groups is 3. The van der Waals surface area contributed by atoms with Gasteiger partial charge in [0.15, 0.2) is 0 Å². The maximum absolute atomic E-state index is 11.5. The second-order valence-corrected chi connectivity index (χ2v) is 5.40. The number of amides is 3. The quantitative estimate of drug-likeness (QED) is 0.436. The summed E-state index contributed by atoms with van der Waals surface area (Å²) in [5, 5.41) is 7.83. The Labute approximate surface area is 131 Å². The van der Waals surface area contributed by atoms with Crippen LogP contribution in [0.15, 0.2) is 0 Å². The zero-order chi connectivity index (χ0) is 15.1. The van der Waals surface area contributed by atoms with Crippen molar-refractivity contribution in [2.45, 2.75) is 32.7 Å². The number of halogens is 1. The first-order valence-electron chi connectivity index (χ1n) is 6.99. The van der Waals surface area contributed by atoms with E-state index >= 15 is 0 Å². The zero-order valence-corrected chi connectivity index (χ0v) is 13.3. The Bertz CT molecular complexity index is 372. The third kappa shape index (κ3) is 7.87. The number of rotatable bonds is 8. The van der Waals surface area contributed by atoms with Crippen molar-refractivity contribution in [2.24, 2.45) is 17.6 Å².